The Balaban J connectivity index is 1.57. The van der Waals surface area contributed by atoms with Crippen molar-refractivity contribution in [1.82, 2.24) is 0 Å². The van der Waals surface area contributed by atoms with Gasteiger partial charge in [-0.15, -0.1) is 0 Å². The van der Waals surface area contributed by atoms with Crippen molar-refractivity contribution in [2.24, 2.45) is 0 Å². The van der Waals surface area contributed by atoms with Crippen LogP contribution in [0.1, 0.15) is 23.5 Å². The van der Waals surface area contributed by atoms with E-state index in [0.29, 0.717) is 5.69 Å². The number of nitrogens with zero attached hydrogens (tertiary/aromatic N) is 1. The normalized spacial score (nSPS) is 10.5. The summed E-state index contributed by atoms with van der Waals surface area (Å²) in [5.74, 6) is -0.899. The number of rotatable bonds is 8. The lowest BCUT2D eigenvalue weighted by Crippen LogP contribution is -2.22. The van der Waals surface area contributed by atoms with Crippen molar-refractivity contribution < 1.29 is 14.3 Å². The molecule has 0 saturated heterocycles. The highest BCUT2D eigenvalue weighted by atomic mass is 16.5. The van der Waals surface area contributed by atoms with Crippen LogP contribution in [-0.4, -0.2) is 32.6 Å². The summed E-state index contributed by atoms with van der Waals surface area (Å²) in [5.41, 5.74) is 3.76. The largest absolute Gasteiger partial charge is 0.456 e. The van der Waals surface area contributed by atoms with E-state index in [9.17, 15) is 9.59 Å². The molecule has 1 amide bonds. The smallest absolute Gasteiger partial charge is 0.307 e. The predicted molar refractivity (Wildman–Crippen MR) is 120 cm³/mol. The number of hydrogen-bond acceptors (Lipinski definition) is 4. The van der Waals surface area contributed by atoms with E-state index in [0.717, 1.165) is 16.8 Å². The second kappa shape index (κ2) is 10.3. The minimum atomic E-state index is -0.411. The van der Waals surface area contributed by atoms with Crippen LogP contribution in [0.15, 0.2) is 84.9 Å². The second-order valence-electron chi connectivity index (χ2n) is 7.23. The van der Waals surface area contributed by atoms with Gasteiger partial charge in [0.15, 0.2) is 6.61 Å². The first kappa shape index (κ1) is 21.1. The molecule has 3 aromatic rings. The van der Waals surface area contributed by atoms with Gasteiger partial charge in [0, 0.05) is 31.4 Å². The molecule has 5 heteroatoms. The van der Waals surface area contributed by atoms with Crippen LogP contribution in [0, 0.1) is 0 Å². The molecule has 3 rings (SSSR count). The molecule has 0 aliphatic carbocycles. The van der Waals surface area contributed by atoms with Gasteiger partial charge in [0.05, 0.1) is 6.42 Å². The molecule has 0 aliphatic rings. The molecule has 3 aromatic carbocycles. The summed E-state index contributed by atoms with van der Waals surface area (Å²) in [6.45, 7) is -0.315. The highest BCUT2D eigenvalue weighted by molar-refractivity contribution is 5.93. The van der Waals surface area contributed by atoms with Gasteiger partial charge in [-0.2, -0.15) is 0 Å². The number of carbonyl (C=O) groups excluding carboxylic acids is 2. The van der Waals surface area contributed by atoms with E-state index in [1.807, 2.05) is 104 Å². The van der Waals surface area contributed by atoms with Crippen LogP contribution >= 0.6 is 0 Å². The van der Waals surface area contributed by atoms with E-state index in [1.165, 1.54) is 0 Å². The highest BCUT2D eigenvalue weighted by Crippen LogP contribution is 2.28. The van der Waals surface area contributed by atoms with Crippen LogP contribution in [-0.2, 0) is 14.3 Å². The van der Waals surface area contributed by atoms with Gasteiger partial charge >= 0.3 is 5.97 Å². The number of nitrogens with one attached hydrogen (secondary N) is 1. The van der Waals surface area contributed by atoms with Crippen molar-refractivity contribution in [2.75, 3.05) is 30.9 Å². The highest BCUT2D eigenvalue weighted by Gasteiger charge is 2.19. The zero-order chi connectivity index (χ0) is 21.3. The Labute approximate surface area is 177 Å². The molecule has 0 saturated carbocycles. The van der Waals surface area contributed by atoms with E-state index in [1.54, 1.807) is 0 Å². The fourth-order valence-electron chi connectivity index (χ4n) is 3.21. The Hall–Kier alpha value is -3.60. The average Bonchev–Trinajstić information content (AvgIpc) is 2.77. The van der Waals surface area contributed by atoms with Gasteiger partial charge < -0.3 is 15.0 Å². The topological polar surface area (TPSA) is 58.6 Å². The van der Waals surface area contributed by atoms with Crippen molar-refractivity contribution >= 4 is 23.3 Å². The third-order valence-corrected chi connectivity index (χ3v) is 4.81. The molecule has 0 aromatic heterocycles. The summed E-state index contributed by atoms with van der Waals surface area (Å²) in [6.07, 6.45) is 0.166. The molecule has 0 bridgehead atoms. The number of anilines is 2. The van der Waals surface area contributed by atoms with E-state index < -0.39 is 5.97 Å². The summed E-state index contributed by atoms with van der Waals surface area (Å²) in [7, 11) is 3.90. The maximum absolute atomic E-state index is 12.5. The minimum Gasteiger partial charge on any atom is -0.456 e. The van der Waals surface area contributed by atoms with Crippen molar-refractivity contribution in [3.8, 4) is 0 Å². The van der Waals surface area contributed by atoms with E-state index in [-0.39, 0.29) is 24.9 Å². The summed E-state index contributed by atoms with van der Waals surface area (Å²) in [5, 5.41) is 2.75. The molecule has 0 fully saturated rings. The summed E-state index contributed by atoms with van der Waals surface area (Å²) in [4.78, 5) is 26.6. The quantitative estimate of drug-likeness (QED) is 0.566. The molecule has 154 valence electrons. The lowest BCUT2D eigenvalue weighted by molar-refractivity contribution is -0.147. The Kier molecular flexibility index (Phi) is 7.22. The molecule has 0 heterocycles. The van der Waals surface area contributed by atoms with Gasteiger partial charge in [-0.25, -0.2) is 0 Å². The molecule has 30 heavy (non-hydrogen) atoms. The van der Waals surface area contributed by atoms with E-state index >= 15 is 0 Å². The van der Waals surface area contributed by atoms with Gasteiger partial charge in [0.2, 0.25) is 0 Å². The number of ether oxygens (including phenoxy) is 1. The maximum Gasteiger partial charge on any atom is 0.307 e. The Morgan fingerprint density at radius 3 is 1.87 bits per heavy atom. The lowest BCUT2D eigenvalue weighted by Gasteiger charge is -2.17. The number of hydrogen-bond donors (Lipinski definition) is 1. The average molecular weight is 402 g/mol. The molecular formula is C25H26N2O3. The zero-order valence-electron chi connectivity index (χ0n) is 17.2. The van der Waals surface area contributed by atoms with Gasteiger partial charge in [0.1, 0.15) is 0 Å². The molecule has 0 radical (unpaired) electrons. The van der Waals surface area contributed by atoms with Gasteiger partial charge in [-0.3, -0.25) is 9.59 Å². The van der Waals surface area contributed by atoms with Crippen LogP contribution < -0.4 is 10.2 Å². The maximum atomic E-state index is 12.5. The Morgan fingerprint density at radius 2 is 1.37 bits per heavy atom. The molecule has 0 aliphatic heterocycles. The van der Waals surface area contributed by atoms with Gasteiger partial charge in [-0.1, -0.05) is 60.7 Å². The van der Waals surface area contributed by atoms with E-state index in [4.69, 9.17) is 4.74 Å². The number of benzene rings is 3. The van der Waals surface area contributed by atoms with Crippen molar-refractivity contribution in [3.05, 3.63) is 96.1 Å². The first-order valence-corrected chi connectivity index (χ1v) is 9.85. The Morgan fingerprint density at radius 1 is 0.833 bits per heavy atom. The first-order valence-electron chi connectivity index (χ1n) is 9.85. The van der Waals surface area contributed by atoms with Crippen molar-refractivity contribution in [1.29, 1.82) is 0 Å². The van der Waals surface area contributed by atoms with Crippen molar-refractivity contribution in [2.45, 2.75) is 12.3 Å². The van der Waals surface area contributed by atoms with Crippen molar-refractivity contribution in [3.63, 3.8) is 0 Å². The second-order valence-corrected chi connectivity index (χ2v) is 7.23. The summed E-state index contributed by atoms with van der Waals surface area (Å²) in [6, 6.07) is 27.1. The van der Waals surface area contributed by atoms with Crippen LogP contribution in [0.5, 0.6) is 0 Å². The molecule has 0 atom stereocenters. The third kappa shape index (κ3) is 5.95. The Bertz CT molecular complexity index is 915. The number of carbonyl (C=O) groups is 2. The van der Waals surface area contributed by atoms with E-state index in [2.05, 4.69) is 5.32 Å². The molecular weight excluding hydrogens is 376 g/mol. The van der Waals surface area contributed by atoms with Crippen LogP contribution in [0.2, 0.25) is 0 Å². The SMILES string of the molecule is CN(C)c1ccc(NC(=O)COC(=O)CC(c2ccccc2)c2ccccc2)cc1. The lowest BCUT2D eigenvalue weighted by atomic mass is 9.89. The van der Waals surface area contributed by atoms with Crippen LogP contribution in [0.4, 0.5) is 11.4 Å². The molecule has 1 N–H and O–H groups in total. The first-order chi connectivity index (χ1) is 14.5. The molecule has 0 spiro atoms. The summed E-state index contributed by atoms with van der Waals surface area (Å²) < 4.78 is 5.25. The van der Waals surface area contributed by atoms with Crippen LogP contribution in [0.3, 0.4) is 0 Å². The minimum absolute atomic E-state index is 0.124. The fraction of sp³-hybridized carbons (Fsp3) is 0.200. The molecule has 5 nitrogen and oxygen atoms in total. The third-order valence-electron chi connectivity index (χ3n) is 4.81. The number of esters is 1. The monoisotopic (exact) mass is 402 g/mol. The molecule has 0 unspecified atom stereocenters. The number of amides is 1. The summed E-state index contributed by atoms with van der Waals surface area (Å²) >= 11 is 0. The van der Waals surface area contributed by atoms with Gasteiger partial charge in [0.25, 0.3) is 5.91 Å². The van der Waals surface area contributed by atoms with Gasteiger partial charge in [-0.05, 0) is 35.4 Å². The standard InChI is InChI=1S/C25H26N2O3/c1-27(2)22-15-13-21(14-16-22)26-24(28)18-30-25(29)17-23(19-9-5-3-6-10-19)20-11-7-4-8-12-20/h3-16,23H,17-18H2,1-2H3,(H,26,28). The zero-order valence-corrected chi connectivity index (χ0v) is 17.2. The predicted octanol–water partition coefficient (Wildman–Crippen LogP) is 4.46. The fourth-order valence-corrected chi connectivity index (χ4v) is 3.21. The van der Waals surface area contributed by atoms with Crippen LogP contribution in [0.25, 0.3) is 0 Å².